The summed E-state index contributed by atoms with van der Waals surface area (Å²) in [5.74, 6) is -0.354. The number of hydrogen-bond acceptors (Lipinski definition) is 3. The highest BCUT2D eigenvalue weighted by Crippen LogP contribution is 2.15. The molecule has 3 nitrogen and oxygen atoms in total. The Labute approximate surface area is 78.7 Å². The summed E-state index contributed by atoms with van der Waals surface area (Å²) >= 11 is 0. The van der Waals surface area contributed by atoms with E-state index in [1.807, 2.05) is 38.1 Å². The molecule has 0 saturated heterocycles. The topological polar surface area (TPSA) is 61.3 Å². The molecule has 1 aromatic carbocycles. The van der Waals surface area contributed by atoms with Gasteiger partial charge in [-0.25, -0.2) is 0 Å². The van der Waals surface area contributed by atoms with E-state index in [9.17, 15) is 0 Å². The summed E-state index contributed by atoms with van der Waals surface area (Å²) in [6.45, 7) is 3.90. The van der Waals surface area contributed by atoms with Gasteiger partial charge in [0.15, 0.2) is 0 Å². The maximum absolute atomic E-state index is 5.64. The summed E-state index contributed by atoms with van der Waals surface area (Å²) in [5, 5.41) is 0. The van der Waals surface area contributed by atoms with Crippen molar-refractivity contribution in [2.75, 3.05) is 0 Å². The van der Waals surface area contributed by atoms with Crippen LogP contribution in [-0.4, -0.2) is 5.85 Å². The molecule has 0 atom stereocenters. The fourth-order valence-corrected chi connectivity index (χ4v) is 0.898. The maximum atomic E-state index is 5.64. The van der Waals surface area contributed by atoms with Crippen molar-refractivity contribution in [3.05, 3.63) is 29.8 Å². The second-order valence-electron chi connectivity index (χ2n) is 3.22. The third-order valence-electron chi connectivity index (χ3n) is 1.88. The van der Waals surface area contributed by atoms with Gasteiger partial charge in [-0.2, -0.15) is 0 Å². The molecular weight excluding hydrogens is 164 g/mol. The lowest BCUT2D eigenvalue weighted by Crippen LogP contribution is -2.54. The second-order valence-corrected chi connectivity index (χ2v) is 3.22. The zero-order chi connectivity index (χ0) is 9.90. The molecule has 0 fully saturated rings. The van der Waals surface area contributed by atoms with E-state index in [4.69, 9.17) is 16.2 Å². The van der Waals surface area contributed by atoms with Gasteiger partial charge >= 0.3 is 0 Å². The zero-order valence-electron chi connectivity index (χ0n) is 8.08. The van der Waals surface area contributed by atoms with Crippen LogP contribution in [0.15, 0.2) is 24.3 Å². The van der Waals surface area contributed by atoms with Crippen molar-refractivity contribution < 1.29 is 4.74 Å². The molecule has 1 rings (SSSR count). The summed E-state index contributed by atoms with van der Waals surface area (Å²) in [7, 11) is 0. The molecule has 0 unspecified atom stereocenters. The van der Waals surface area contributed by atoms with Crippen LogP contribution >= 0.6 is 0 Å². The Bertz CT molecular complexity index is 267. The van der Waals surface area contributed by atoms with E-state index >= 15 is 0 Å². The normalized spacial score (nSPS) is 11.4. The van der Waals surface area contributed by atoms with Crippen LogP contribution in [0.25, 0.3) is 0 Å². The van der Waals surface area contributed by atoms with E-state index in [2.05, 4.69) is 0 Å². The molecule has 0 heterocycles. The molecule has 0 aliphatic carbocycles. The predicted molar refractivity (Wildman–Crippen MR) is 53.2 cm³/mol. The first-order valence-corrected chi connectivity index (χ1v) is 4.37. The first kappa shape index (κ1) is 10.0. The van der Waals surface area contributed by atoms with E-state index in [1.165, 1.54) is 5.56 Å². The molecule has 0 aromatic heterocycles. The Hall–Kier alpha value is -1.06. The van der Waals surface area contributed by atoms with Crippen molar-refractivity contribution in [3.63, 3.8) is 0 Å². The highest BCUT2D eigenvalue weighted by Gasteiger charge is 2.17. The summed E-state index contributed by atoms with van der Waals surface area (Å²) < 4.78 is 5.36. The summed E-state index contributed by atoms with van der Waals surface area (Å²) in [5.41, 5.74) is 12.5. The van der Waals surface area contributed by atoms with Gasteiger partial charge in [-0.1, -0.05) is 24.6 Å². The van der Waals surface area contributed by atoms with E-state index in [-0.39, 0.29) is 0 Å². The van der Waals surface area contributed by atoms with Gasteiger partial charge in [0.25, 0.3) is 0 Å². The molecule has 0 saturated carbocycles. The molecule has 13 heavy (non-hydrogen) atoms. The standard InChI is InChI=1S/C10H16N2O/c1-3-10(11,12)13-9-6-4-8(2)5-7-9/h4-7H,3,11-12H2,1-2H3. The third kappa shape index (κ3) is 3.05. The van der Waals surface area contributed by atoms with Gasteiger partial charge in [-0.15, -0.1) is 0 Å². The van der Waals surface area contributed by atoms with Crippen LogP contribution in [0.2, 0.25) is 0 Å². The average molecular weight is 180 g/mol. The Kier molecular flexibility index (Phi) is 2.90. The van der Waals surface area contributed by atoms with Gasteiger partial charge < -0.3 is 4.74 Å². The van der Waals surface area contributed by atoms with Crippen LogP contribution in [0.1, 0.15) is 18.9 Å². The Morgan fingerprint density at radius 1 is 1.23 bits per heavy atom. The molecule has 1 aromatic rings. The smallest absolute Gasteiger partial charge is 0.212 e. The van der Waals surface area contributed by atoms with Gasteiger partial charge in [0.1, 0.15) is 5.75 Å². The van der Waals surface area contributed by atoms with E-state index in [1.54, 1.807) is 0 Å². The van der Waals surface area contributed by atoms with Crippen molar-refractivity contribution in [2.45, 2.75) is 26.1 Å². The molecule has 0 bridgehead atoms. The number of ether oxygens (including phenoxy) is 1. The Morgan fingerprint density at radius 3 is 2.23 bits per heavy atom. The zero-order valence-corrected chi connectivity index (χ0v) is 8.08. The minimum atomic E-state index is -1.06. The maximum Gasteiger partial charge on any atom is 0.212 e. The minimum absolute atomic E-state index is 0.570. The highest BCUT2D eigenvalue weighted by molar-refractivity contribution is 5.26. The van der Waals surface area contributed by atoms with Crippen LogP contribution < -0.4 is 16.2 Å². The molecule has 0 spiro atoms. The van der Waals surface area contributed by atoms with Gasteiger partial charge in [0.05, 0.1) is 0 Å². The van der Waals surface area contributed by atoms with Crippen molar-refractivity contribution in [1.29, 1.82) is 0 Å². The molecule has 0 radical (unpaired) electrons. The van der Waals surface area contributed by atoms with E-state index in [0.29, 0.717) is 12.2 Å². The summed E-state index contributed by atoms with van der Waals surface area (Å²) in [4.78, 5) is 0. The van der Waals surface area contributed by atoms with Crippen molar-refractivity contribution in [2.24, 2.45) is 11.5 Å². The Morgan fingerprint density at radius 2 is 1.77 bits per heavy atom. The molecule has 0 amide bonds. The average Bonchev–Trinajstić information content (AvgIpc) is 2.09. The lowest BCUT2D eigenvalue weighted by atomic mass is 10.2. The van der Waals surface area contributed by atoms with Crippen LogP contribution in [-0.2, 0) is 0 Å². The SMILES string of the molecule is CCC(N)(N)Oc1ccc(C)cc1. The largest absolute Gasteiger partial charge is 0.460 e. The highest BCUT2D eigenvalue weighted by atomic mass is 16.5. The quantitative estimate of drug-likeness (QED) is 0.690. The van der Waals surface area contributed by atoms with Gasteiger partial charge in [-0.05, 0) is 19.1 Å². The number of hydrogen-bond donors (Lipinski definition) is 2. The lowest BCUT2D eigenvalue weighted by molar-refractivity contribution is 0.0785. The second kappa shape index (κ2) is 3.77. The molecule has 0 aliphatic heterocycles. The van der Waals surface area contributed by atoms with Gasteiger partial charge in [0, 0.05) is 6.42 Å². The first-order valence-electron chi connectivity index (χ1n) is 4.37. The number of nitrogens with two attached hydrogens (primary N) is 2. The number of benzene rings is 1. The summed E-state index contributed by atoms with van der Waals surface area (Å²) in [6, 6.07) is 7.64. The monoisotopic (exact) mass is 180 g/mol. The van der Waals surface area contributed by atoms with E-state index < -0.39 is 5.85 Å². The number of aryl methyl sites for hydroxylation is 1. The van der Waals surface area contributed by atoms with Crippen molar-refractivity contribution in [1.82, 2.24) is 0 Å². The number of rotatable bonds is 3. The van der Waals surface area contributed by atoms with Crippen LogP contribution in [0.5, 0.6) is 5.75 Å². The fourth-order valence-electron chi connectivity index (χ4n) is 0.898. The van der Waals surface area contributed by atoms with Crippen LogP contribution in [0.4, 0.5) is 0 Å². The van der Waals surface area contributed by atoms with Crippen LogP contribution in [0, 0.1) is 6.92 Å². The molecular formula is C10H16N2O. The van der Waals surface area contributed by atoms with Crippen molar-refractivity contribution >= 4 is 0 Å². The van der Waals surface area contributed by atoms with Crippen molar-refractivity contribution in [3.8, 4) is 5.75 Å². The third-order valence-corrected chi connectivity index (χ3v) is 1.88. The van der Waals surface area contributed by atoms with E-state index in [0.717, 1.165) is 0 Å². The summed E-state index contributed by atoms with van der Waals surface area (Å²) in [6.07, 6.45) is 0.570. The first-order chi connectivity index (χ1) is 6.03. The van der Waals surface area contributed by atoms with Crippen LogP contribution in [0.3, 0.4) is 0 Å². The Balaban J connectivity index is 2.69. The molecule has 4 N–H and O–H groups in total. The van der Waals surface area contributed by atoms with Gasteiger partial charge in [0.2, 0.25) is 5.85 Å². The molecule has 3 heteroatoms. The van der Waals surface area contributed by atoms with Gasteiger partial charge in [-0.3, -0.25) is 11.5 Å². The molecule has 72 valence electrons. The molecule has 0 aliphatic rings. The fraction of sp³-hybridized carbons (Fsp3) is 0.400. The predicted octanol–water partition coefficient (Wildman–Crippen LogP) is 1.36. The lowest BCUT2D eigenvalue weighted by Gasteiger charge is -2.24. The minimum Gasteiger partial charge on any atom is -0.460 e.